The van der Waals surface area contributed by atoms with E-state index < -0.39 is 5.91 Å². The van der Waals surface area contributed by atoms with Gasteiger partial charge in [-0.1, -0.05) is 48.5 Å². The number of anilines is 3. The Balaban J connectivity index is 1.41. The Morgan fingerprint density at radius 3 is 2.16 bits per heavy atom. The van der Waals surface area contributed by atoms with E-state index in [0.29, 0.717) is 33.1 Å². The molecule has 0 aliphatic rings. The summed E-state index contributed by atoms with van der Waals surface area (Å²) >= 11 is 0. The molecular formula is C35H25FN6O2. The molecule has 0 spiro atoms. The minimum Gasteiger partial charge on any atom is -0.505 e. The Bertz CT molecular complexity index is 2160. The van der Waals surface area contributed by atoms with E-state index in [0.717, 1.165) is 22.3 Å². The molecule has 0 atom stereocenters. The van der Waals surface area contributed by atoms with Crippen LogP contribution in [0.1, 0.15) is 10.4 Å². The van der Waals surface area contributed by atoms with E-state index in [4.69, 9.17) is 5.73 Å². The van der Waals surface area contributed by atoms with Gasteiger partial charge in [0.05, 0.1) is 28.1 Å². The number of fused-ring (bicyclic) bond motifs is 5. The molecule has 0 unspecified atom stereocenters. The van der Waals surface area contributed by atoms with Crippen molar-refractivity contribution in [1.29, 1.82) is 0 Å². The maximum absolute atomic E-state index is 14.2. The van der Waals surface area contributed by atoms with Gasteiger partial charge in [0.15, 0.2) is 5.75 Å². The number of aromatic hydroxyl groups is 1. The fourth-order valence-electron chi connectivity index (χ4n) is 5.31. The molecule has 6 aromatic carbocycles. The number of halogens is 1. The average Bonchev–Trinajstić information content (AvgIpc) is 3.42. The van der Waals surface area contributed by atoms with Crippen molar-refractivity contribution in [1.82, 2.24) is 10.4 Å². The van der Waals surface area contributed by atoms with Crippen LogP contribution >= 0.6 is 0 Å². The summed E-state index contributed by atoms with van der Waals surface area (Å²) in [7, 11) is 0. The summed E-state index contributed by atoms with van der Waals surface area (Å²) < 4.78 is 14.2. The molecule has 1 heterocycles. The second kappa shape index (κ2) is 10.9. The fraction of sp³-hybridized carbons (Fsp3) is 0. The van der Waals surface area contributed by atoms with Gasteiger partial charge in [-0.2, -0.15) is 5.11 Å². The quantitative estimate of drug-likeness (QED) is 0.0893. The lowest BCUT2D eigenvalue weighted by molar-refractivity contribution is 0.0951. The molecule has 0 bridgehead atoms. The van der Waals surface area contributed by atoms with Crippen LogP contribution in [0, 0.1) is 5.82 Å². The lowest BCUT2D eigenvalue weighted by Crippen LogP contribution is -2.39. The maximum Gasteiger partial charge on any atom is 0.273 e. The first kappa shape index (κ1) is 26.7. The van der Waals surface area contributed by atoms with Crippen molar-refractivity contribution in [2.24, 2.45) is 10.2 Å². The van der Waals surface area contributed by atoms with Gasteiger partial charge in [-0.3, -0.25) is 15.2 Å². The summed E-state index contributed by atoms with van der Waals surface area (Å²) in [6, 6.07) is 35.3. The molecule has 7 rings (SSSR count). The number of hydrogen-bond acceptors (Lipinski definition) is 6. The summed E-state index contributed by atoms with van der Waals surface area (Å²) in [5.74, 6) is -1.27. The summed E-state index contributed by atoms with van der Waals surface area (Å²) in [5.41, 5.74) is 12.7. The second-order valence-electron chi connectivity index (χ2n) is 10.3. The van der Waals surface area contributed by atoms with Crippen molar-refractivity contribution in [3.63, 3.8) is 0 Å². The van der Waals surface area contributed by atoms with Crippen molar-refractivity contribution in [2.45, 2.75) is 0 Å². The van der Waals surface area contributed by atoms with E-state index >= 15 is 0 Å². The summed E-state index contributed by atoms with van der Waals surface area (Å²) in [5, 5.41) is 24.7. The number of hydrogen-bond donors (Lipinski definition) is 4. The van der Waals surface area contributed by atoms with Crippen molar-refractivity contribution in [3.8, 4) is 5.75 Å². The van der Waals surface area contributed by atoms with Gasteiger partial charge in [0.25, 0.3) is 5.91 Å². The standard InChI is InChI=1S/C35H25FN6O2/c36-22-12-18-30-28(20-22)27-17-11-21-19-29(35(44)41-42(25-7-3-1-4-8-25)26-9-5-2-6-10-26)34(43)33(31(21)32(27)38-30)40-39-24-15-13-23(37)14-16-24/h1-20,38,43H,37H2,(H,41,44). The van der Waals surface area contributed by atoms with E-state index in [-0.39, 0.29) is 22.8 Å². The number of rotatable bonds is 6. The number of carbonyl (C=O) groups is 1. The van der Waals surface area contributed by atoms with Gasteiger partial charge in [-0.05, 0) is 78.2 Å². The van der Waals surface area contributed by atoms with E-state index in [9.17, 15) is 14.3 Å². The number of hydrazine groups is 1. The molecule has 0 fully saturated rings. The molecule has 5 N–H and O–H groups in total. The number of nitrogens with zero attached hydrogens (tertiary/aromatic N) is 3. The number of azo groups is 1. The molecule has 0 radical (unpaired) electrons. The van der Waals surface area contributed by atoms with Crippen molar-refractivity contribution in [3.05, 3.63) is 133 Å². The van der Waals surface area contributed by atoms with Gasteiger partial charge in [-0.25, -0.2) is 4.39 Å². The van der Waals surface area contributed by atoms with Crippen LogP contribution in [0.2, 0.25) is 0 Å². The molecule has 7 aromatic rings. The van der Waals surface area contributed by atoms with Crippen LogP contribution in [-0.2, 0) is 0 Å². The predicted molar refractivity (Wildman–Crippen MR) is 172 cm³/mol. The molecule has 1 amide bonds. The number of carbonyl (C=O) groups excluding carboxylic acids is 1. The minimum absolute atomic E-state index is 0.00197. The smallest absolute Gasteiger partial charge is 0.273 e. The van der Waals surface area contributed by atoms with Crippen LogP contribution in [-0.4, -0.2) is 16.0 Å². The summed E-state index contributed by atoms with van der Waals surface area (Å²) in [6.07, 6.45) is 0. The molecule has 1 aromatic heterocycles. The number of H-pyrrole nitrogens is 1. The number of nitrogens with two attached hydrogens (primary N) is 1. The number of phenols is 1. The highest BCUT2D eigenvalue weighted by molar-refractivity contribution is 6.22. The van der Waals surface area contributed by atoms with Crippen LogP contribution in [0.3, 0.4) is 0 Å². The number of aromatic amines is 1. The molecule has 0 aliphatic carbocycles. The second-order valence-corrected chi connectivity index (χ2v) is 10.3. The predicted octanol–water partition coefficient (Wildman–Crippen LogP) is 8.80. The van der Waals surface area contributed by atoms with Gasteiger partial charge < -0.3 is 15.8 Å². The Morgan fingerprint density at radius 2 is 1.48 bits per heavy atom. The zero-order valence-corrected chi connectivity index (χ0v) is 23.2. The SMILES string of the molecule is Nc1ccc(N=Nc2c(O)c(C(=O)NN(c3ccccc3)c3ccccc3)cc3ccc4c5cc(F)ccc5[nH]c4c23)cc1. The van der Waals surface area contributed by atoms with Crippen molar-refractivity contribution < 1.29 is 14.3 Å². The normalized spacial score (nSPS) is 11.5. The first-order chi connectivity index (χ1) is 21.5. The van der Waals surface area contributed by atoms with E-state index in [1.807, 2.05) is 72.8 Å². The zero-order chi connectivity index (χ0) is 30.2. The maximum atomic E-state index is 14.2. The molecular weight excluding hydrogens is 555 g/mol. The lowest BCUT2D eigenvalue weighted by Gasteiger charge is -2.26. The van der Waals surface area contributed by atoms with Gasteiger partial charge in [0, 0.05) is 27.4 Å². The van der Waals surface area contributed by atoms with E-state index in [1.165, 1.54) is 12.1 Å². The first-order valence-corrected chi connectivity index (χ1v) is 13.8. The van der Waals surface area contributed by atoms with Crippen LogP contribution in [0.15, 0.2) is 132 Å². The highest BCUT2D eigenvalue weighted by atomic mass is 19.1. The van der Waals surface area contributed by atoms with Crippen molar-refractivity contribution >= 4 is 66.9 Å². The summed E-state index contributed by atoms with van der Waals surface area (Å²) in [6.45, 7) is 0. The van der Waals surface area contributed by atoms with Crippen LogP contribution in [0.5, 0.6) is 5.75 Å². The monoisotopic (exact) mass is 580 g/mol. The minimum atomic E-state index is -0.556. The molecule has 44 heavy (non-hydrogen) atoms. The van der Waals surface area contributed by atoms with Crippen LogP contribution in [0.4, 0.5) is 32.8 Å². The third-order valence-electron chi connectivity index (χ3n) is 7.43. The molecule has 9 heteroatoms. The number of benzene rings is 6. The van der Waals surface area contributed by atoms with E-state index in [1.54, 1.807) is 41.4 Å². The fourth-order valence-corrected chi connectivity index (χ4v) is 5.31. The molecule has 0 saturated carbocycles. The Kier molecular flexibility index (Phi) is 6.59. The van der Waals surface area contributed by atoms with Crippen molar-refractivity contribution in [2.75, 3.05) is 10.7 Å². The highest BCUT2D eigenvalue weighted by Crippen LogP contribution is 2.44. The summed E-state index contributed by atoms with van der Waals surface area (Å²) in [4.78, 5) is 17.3. The van der Waals surface area contributed by atoms with Gasteiger partial charge in [-0.15, -0.1) is 5.11 Å². The number of para-hydroxylation sites is 2. The number of nitrogen functional groups attached to an aromatic ring is 1. The largest absolute Gasteiger partial charge is 0.505 e. The molecule has 0 aliphatic heterocycles. The van der Waals surface area contributed by atoms with E-state index in [2.05, 4.69) is 20.6 Å². The Labute approximate surface area is 250 Å². The van der Waals surface area contributed by atoms with Crippen LogP contribution < -0.4 is 16.2 Å². The third kappa shape index (κ3) is 4.82. The number of phenolic OH excluding ortho intramolecular Hbond substituents is 1. The van der Waals surface area contributed by atoms with Gasteiger partial charge in [0.2, 0.25) is 0 Å². The zero-order valence-electron chi connectivity index (χ0n) is 23.2. The van der Waals surface area contributed by atoms with Gasteiger partial charge >= 0.3 is 0 Å². The average molecular weight is 581 g/mol. The Morgan fingerprint density at radius 1 is 0.795 bits per heavy atom. The number of amides is 1. The topological polar surface area (TPSA) is 119 Å². The molecule has 8 nitrogen and oxygen atoms in total. The lowest BCUT2D eigenvalue weighted by atomic mass is 10.00. The third-order valence-corrected chi connectivity index (χ3v) is 7.43. The van der Waals surface area contributed by atoms with Gasteiger partial charge in [0.1, 0.15) is 11.5 Å². The number of aromatic nitrogens is 1. The van der Waals surface area contributed by atoms with Crippen LogP contribution in [0.25, 0.3) is 32.6 Å². The Hall–Kier alpha value is -6.22. The number of nitrogens with one attached hydrogen (secondary N) is 2. The highest BCUT2D eigenvalue weighted by Gasteiger charge is 2.23. The first-order valence-electron chi connectivity index (χ1n) is 13.8. The molecule has 214 valence electrons. The molecule has 0 saturated heterocycles.